The van der Waals surface area contributed by atoms with Crippen molar-refractivity contribution in [3.05, 3.63) is 53.2 Å². The highest BCUT2D eigenvalue weighted by Gasteiger charge is 2.25. The van der Waals surface area contributed by atoms with Crippen molar-refractivity contribution in [1.29, 1.82) is 0 Å². The number of aliphatic hydroxyl groups excluding tert-OH is 1. The van der Waals surface area contributed by atoms with Gasteiger partial charge in [0.25, 0.3) is 0 Å². The topological polar surface area (TPSA) is 94.5 Å². The third kappa shape index (κ3) is 3.90. The van der Waals surface area contributed by atoms with Crippen molar-refractivity contribution in [2.75, 3.05) is 6.61 Å². The monoisotopic (exact) mass is 367 g/mol. The Bertz CT molecular complexity index is 1000. The minimum atomic E-state index is -0.363. The van der Waals surface area contributed by atoms with E-state index in [9.17, 15) is 4.79 Å². The first-order valence-corrected chi connectivity index (χ1v) is 9.02. The number of nitrogens with zero attached hydrogens (tertiary/aromatic N) is 5. The van der Waals surface area contributed by atoms with Crippen LogP contribution in [0.5, 0.6) is 0 Å². The van der Waals surface area contributed by atoms with E-state index in [1.165, 1.54) is 24.5 Å². The minimum absolute atomic E-state index is 0.140. The number of ether oxygens (including phenoxy) is 1. The summed E-state index contributed by atoms with van der Waals surface area (Å²) in [5, 5.41) is 17.0. The van der Waals surface area contributed by atoms with Crippen LogP contribution in [-0.4, -0.2) is 42.1 Å². The van der Waals surface area contributed by atoms with Gasteiger partial charge >= 0.3 is 5.97 Å². The van der Waals surface area contributed by atoms with Gasteiger partial charge < -0.3 is 14.2 Å². The Balaban J connectivity index is 1.67. The number of carbonyl (C=O) groups is 1. The number of hydrogen-bond acceptors (Lipinski definition) is 6. The zero-order chi connectivity index (χ0) is 18.8. The first-order chi connectivity index (χ1) is 13.2. The molecular weight excluding hydrogens is 346 g/mol. The lowest BCUT2D eigenvalue weighted by Crippen LogP contribution is -2.00. The Labute approximate surface area is 156 Å². The first-order valence-electron chi connectivity index (χ1n) is 9.02. The molecular formula is C19H21N5O3. The molecule has 3 aromatic rings. The molecule has 1 saturated carbocycles. The maximum atomic E-state index is 11.7. The minimum Gasteiger partial charge on any atom is -0.463 e. The van der Waals surface area contributed by atoms with Crippen molar-refractivity contribution in [3.8, 4) is 0 Å². The number of aliphatic hydroxyl groups is 1. The third-order valence-electron chi connectivity index (χ3n) is 4.46. The van der Waals surface area contributed by atoms with E-state index >= 15 is 0 Å². The smallest absolute Gasteiger partial charge is 0.330 e. The summed E-state index contributed by atoms with van der Waals surface area (Å²) in [5.41, 5.74) is 4.25. The Hall–Kier alpha value is -3.00. The van der Waals surface area contributed by atoms with E-state index in [-0.39, 0.29) is 12.6 Å². The molecule has 4 rings (SSSR count). The molecule has 27 heavy (non-hydrogen) atoms. The lowest BCUT2D eigenvalue weighted by molar-refractivity contribution is -0.137. The molecule has 3 heterocycles. The number of imidazole rings is 1. The lowest BCUT2D eigenvalue weighted by atomic mass is 10.1. The predicted molar refractivity (Wildman–Crippen MR) is 97.9 cm³/mol. The summed E-state index contributed by atoms with van der Waals surface area (Å²) in [4.78, 5) is 16.4. The summed E-state index contributed by atoms with van der Waals surface area (Å²) in [6, 6.07) is 2.10. The van der Waals surface area contributed by atoms with Gasteiger partial charge in [0.1, 0.15) is 11.3 Å². The van der Waals surface area contributed by atoms with Crippen LogP contribution in [-0.2, 0) is 22.7 Å². The molecule has 0 spiro atoms. The Morgan fingerprint density at radius 1 is 1.33 bits per heavy atom. The molecule has 0 unspecified atom stereocenters. The molecule has 0 amide bonds. The molecule has 0 saturated heterocycles. The number of carbonyl (C=O) groups excluding carboxylic acids is 1. The first kappa shape index (κ1) is 17.4. The van der Waals surface area contributed by atoms with Crippen molar-refractivity contribution in [2.24, 2.45) is 0 Å². The summed E-state index contributed by atoms with van der Waals surface area (Å²) < 4.78 is 8.61. The standard InChI is InChI=1S/C19H21N5O3/c1-2-27-18(26)6-5-14-7-15(13-3-4-13)8-23-9-16(20-19(14)23)10-24-11-17(12-25)21-22-24/h5-9,11,13,25H,2-4,10,12H2,1H3/b6-5+. The molecule has 1 aliphatic rings. The van der Waals surface area contributed by atoms with Crippen LogP contribution in [0.25, 0.3) is 11.7 Å². The van der Waals surface area contributed by atoms with E-state index in [4.69, 9.17) is 14.8 Å². The third-order valence-corrected chi connectivity index (χ3v) is 4.46. The summed E-state index contributed by atoms with van der Waals surface area (Å²) in [7, 11) is 0. The van der Waals surface area contributed by atoms with Crippen LogP contribution in [0, 0.1) is 0 Å². The van der Waals surface area contributed by atoms with Crippen LogP contribution >= 0.6 is 0 Å². The van der Waals surface area contributed by atoms with Crippen molar-refractivity contribution in [3.63, 3.8) is 0 Å². The van der Waals surface area contributed by atoms with Gasteiger partial charge in [-0.25, -0.2) is 14.5 Å². The van der Waals surface area contributed by atoms with Gasteiger partial charge in [-0.1, -0.05) is 5.21 Å². The van der Waals surface area contributed by atoms with Crippen LogP contribution < -0.4 is 0 Å². The Morgan fingerprint density at radius 2 is 2.19 bits per heavy atom. The van der Waals surface area contributed by atoms with Gasteiger partial charge in [-0.15, -0.1) is 5.10 Å². The zero-order valence-electron chi connectivity index (χ0n) is 15.1. The van der Waals surface area contributed by atoms with E-state index in [2.05, 4.69) is 22.6 Å². The predicted octanol–water partition coefficient (Wildman–Crippen LogP) is 1.92. The quantitative estimate of drug-likeness (QED) is 0.506. The zero-order valence-corrected chi connectivity index (χ0v) is 15.1. The normalized spacial score (nSPS) is 14.3. The molecule has 1 N–H and O–H groups in total. The molecule has 140 valence electrons. The Kier molecular flexibility index (Phi) is 4.72. The molecule has 8 nitrogen and oxygen atoms in total. The van der Waals surface area contributed by atoms with E-state index in [0.717, 1.165) is 16.9 Å². The maximum absolute atomic E-state index is 11.7. The van der Waals surface area contributed by atoms with E-state index in [1.807, 2.05) is 10.6 Å². The molecule has 0 aromatic carbocycles. The van der Waals surface area contributed by atoms with Gasteiger partial charge in [-0.05, 0) is 43.4 Å². The van der Waals surface area contributed by atoms with Crippen molar-refractivity contribution in [1.82, 2.24) is 24.4 Å². The molecule has 3 aromatic heterocycles. The van der Waals surface area contributed by atoms with Crippen LogP contribution in [0.15, 0.2) is 30.7 Å². The van der Waals surface area contributed by atoms with Crippen LogP contribution in [0.2, 0.25) is 0 Å². The van der Waals surface area contributed by atoms with Crippen molar-refractivity contribution in [2.45, 2.75) is 38.8 Å². The van der Waals surface area contributed by atoms with Gasteiger partial charge in [0, 0.05) is 24.0 Å². The van der Waals surface area contributed by atoms with Gasteiger partial charge in [-0.3, -0.25) is 0 Å². The van der Waals surface area contributed by atoms with E-state index in [1.54, 1.807) is 23.9 Å². The van der Waals surface area contributed by atoms with E-state index in [0.29, 0.717) is 24.8 Å². The second-order valence-corrected chi connectivity index (χ2v) is 6.62. The number of aromatic nitrogens is 5. The fourth-order valence-electron chi connectivity index (χ4n) is 3.04. The summed E-state index contributed by atoms with van der Waals surface area (Å²) >= 11 is 0. The van der Waals surface area contributed by atoms with Crippen molar-refractivity contribution >= 4 is 17.7 Å². The molecule has 0 atom stereocenters. The SMILES string of the molecule is CCOC(=O)/C=C/c1cc(C2CC2)cn2cc(Cn3cc(CO)nn3)nc12. The molecule has 8 heteroatoms. The van der Waals surface area contributed by atoms with E-state index < -0.39 is 0 Å². The lowest BCUT2D eigenvalue weighted by Gasteiger charge is -2.04. The highest BCUT2D eigenvalue weighted by molar-refractivity contribution is 5.88. The number of hydrogen-bond donors (Lipinski definition) is 1. The highest BCUT2D eigenvalue weighted by Crippen LogP contribution is 2.40. The van der Waals surface area contributed by atoms with Crippen LogP contribution in [0.3, 0.4) is 0 Å². The second kappa shape index (κ2) is 7.32. The van der Waals surface area contributed by atoms with Gasteiger partial charge in [0.15, 0.2) is 0 Å². The Morgan fingerprint density at radius 3 is 2.89 bits per heavy atom. The number of rotatable bonds is 7. The summed E-state index contributed by atoms with van der Waals surface area (Å²) in [6.07, 6.45) is 11.3. The maximum Gasteiger partial charge on any atom is 0.330 e. The highest BCUT2D eigenvalue weighted by atomic mass is 16.5. The molecule has 0 radical (unpaired) electrons. The van der Waals surface area contributed by atoms with Crippen LogP contribution in [0.1, 0.15) is 48.2 Å². The fraction of sp³-hybridized carbons (Fsp3) is 0.368. The largest absolute Gasteiger partial charge is 0.463 e. The molecule has 0 bridgehead atoms. The average Bonchev–Trinajstić information content (AvgIpc) is 3.28. The van der Waals surface area contributed by atoms with Gasteiger partial charge in [0.2, 0.25) is 0 Å². The van der Waals surface area contributed by atoms with Crippen molar-refractivity contribution < 1.29 is 14.6 Å². The molecule has 1 fully saturated rings. The summed E-state index contributed by atoms with van der Waals surface area (Å²) in [6.45, 7) is 2.44. The van der Waals surface area contributed by atoms with Gasteiger partial charge in [-0.2, -0.15) is 0 Å². The number of esters is 1. The number of pyridine rings is 1. The average molecular weight is 367 g/mol. The molecule has 0 aliphatic heterocycles. The molecule has 1 aliphatic carbocycles. The van der Waals surface area contributed by atoms with Crippen LogP contribution in [0.4, 0.5) is 0 Å². The fourth-order valence-corrected chi connectivity index (χ4v) is 3.04. The van der Waals surface area contributed by atoms with Gasteiger partial charge in [0.05, 0.1) is 31.6 Å². The second-order valence-electron chi connectivity index (χ2n) is 6.62. The number of fused-ring (bicyclic) bond motifs is 1. The summed E-state index contributed by atoms with van der Waals surface area (Å²) in [5.74, 6) is 0.218.